The number of carboxylic acids is 2. The lowest BCUT2D eigenvalue weighted by Crippen LogP contribution is -2.44. The van der Waals surface area contributed by atoms with E-state index in [9.17, 15) is 19.2 Å². The zero-order valence-electron chi connectivity index (χ0n) is 10.9. The number of hydrogen-bond acceptors (Lipinski definition) is 4. The Hall–Kier alpha value is -2.64. The summed E-state index contributed by atoms with van der Waals surface area (Å²) in [6, 6.07) is 1.21. The van der Waals surface area contributed by atoms with Crippen LogP contribution in [0.3, 0.4) is 0 Å². The van der Waals surface area contributed by atoms with Gasteiger partial charge in [-0.3, -0.25) is 14.4 Å². The summed E-state index contributed by atoms with van der Waals surface area (Å²) in [6.45, 7) is 1.67. The van der Waals surface area contributed by atoms with Gasteiger partial charge in [-0.05, 0) is 19.1 Å². The Balaban J connectivity index is 3.01. The largest absolute Gasteiger partial charge is 0.481 e. The molecule has 0 saturated carbocycles. The van der Waals surface area contributed by atoms with Crippen LogP contribution in [-0.2, 0) is 16.6 Å². The lowest BCUT2D eigenvalue weighted by atomic mass is 10.1. The summed E-state index contributed by atoms with van der Waals surface area (Å²) in [4.78, 5) is 45.1. The lowest BCUT2D eigenvalue weighted by Gasteiger charge is -2.13. The maximum absolute atomic E-state index is 11.8. The molecule has 0 aromatic carbocycles. The van der Waals surface area contributed by atoms with E-state index < -0.39 is 35.9 Å². The summed E-state index contributed by atoms with van der Waals surface area (Å²) < 4.78 is 1.24. The van der Waals surface area contributed by atoms with Crippen molar-refractivity contribution in [3.8, 4) is 0 Å². The van der Waals surface area contributed by atoms with Gasteiger partial charge in [-0.2, -0.15) is 0 Å². The smallest absolute Gasteiger partial charge is 0.326 e. The maximum atomic E-state index is 11.8. The molecule has 0 aliphatic carbocycles. The van der Waals surface area contributed by atoms with Crippen molar-refractivity contribution in [3.05, 3.63) is 33.7 Å². The van der Waals surface area contributed by atoms with Gasteiger partial charge in [0.25, 0.3) is 11.5 Å². The van der Waals surface area contributed by atoms with Gasteiger partial charge in [0, 0.05) is 12.7 Å². The van der Waals surface area contributed by atoms with Gasteiger partial charge in [-0.15, -0.1) is 0 Å². The van der Waals surface area contributed by atoms with Crippen molar-refractivity contribution < 1.29 is 24.6 Å². The zero-order valence-corrected chi connectivity index (χ0v) is 10.9. The van der Waals surface area contributed by atoms with Crippen LogP contribution in [0.5, 0.6) is 0 Å². The van der Waals surface area contributed by atoms with E-state index in [1.807, 2.05) is 5.32 Å². The molecule has 1 amide bonds. The Morgan fingerprint density at radius 2 is 1.90 bits per heavy atom. The predicted molar refractivity (Wildman–Crippen MR) is 67.6 cm³/mol. The number of carbonyl (C=O) groups is 3. The quantitative estimate of drug-likeness (QED) is 0.659. The van der Waals surface area contributed by atoms with E-state index in [4.69, 9.17) is 10.2 Å². The van der Waals surface area contributed by atoms with E-state index in [1.165, 1.54) is 23.7 Å². The summed E-state index contributed by atoms with van der Waals surface area (Å²) in [5.74, 6) is -3.77. The van der Waals surface area contributed by atoms with Crippen molar-refractivity contribution >= 4 is 17.8 Å². The molecular weight excluding hydrogens is 268 g/mol. The van der Waals surface area contributed by atoms with Gasteiger partial charge < -0.3 is 20.1 Å². The Morgan fingerprint density at radius 3 is 2.40 bits per heavy atom. The number of aliphatic carboxylic acids is 2. The minimum Gasteiger partial charge on any atom is -0.481 e. The van der Waals surface area contributed by atoms with Crippen LogP contribution in [0, 0.1) is 6.92 Å². The highest BCUT2D eigenvalue weighted by Gasteiger charge is 2.24. The molecule has 0 aliphatic rings. The highest BCUT2D eigenvalue weighted by Crippen LogP contribution is 1.99. The molecule has 0 aliphatic heterocycles. The number of pyridine rings is 1. The number of aromatic nitrogens is 1. The fraction of sp³-hybridized carbons (Fsp3) is 0.333. The van der Waals surface area contributed by atoms with E-state index in [2.05, 4.69) is 0 Å². The van der Waals surface area contributed by atoms with Crippen molar-refractivity contribution in [1.82, 2.24) is 9.88 Å². The molecule has 0 fully saturated rings. The third kappa shape index (κ3) is 3.44. The second kappa shape index (κ2) is 6.00. The van der Waals surface area contributed by atoms with Gasteiger partial charge in [0.1, 0.15) is 11.6 Å². The molecule has 3 N–H and O–H groups in total. The first-order valence-electron chi connectivity index (χ1n) is 5.66. The molecule has 0 saturated heterocycles. The fourth-order valence-corrected chi connectivity index (χ4v) is 1.51. The summed E-state index contributed by atoms with van der Waals surface area (Å²) >= 11 is 0. The Kier molecular flexibility index (Phi) is 4.63. The van der Waals surface area contributed by atoms with Gasteiger partial charge >= 0.3 is 11.9 Å². The minimum absolute atomic E-state index is 0.241. The number of rotatable bonds is 5. The van der Waals surface area contributed by atoms with E-state index in [0.717, 1.165) is 0 Å². The average Bonchev–Trinajstić information content (AvgIpc) is 2.34. The number of aryl methyl sites for hydroxylation is 1. The summed E-state index contributed by atoms with van der Waals surface area (Å²) in [5.41, 5.74) is -0.191. The maximum Gasteiger partial charge on any atom is 0.326 e. The van der Waals surface area contributed by atoms with Gasteiger partial charge in [0.2, 0.25) is 0 Å². The second-order valence-electron chi connectivity index (χ2n) is 4.21. The number of carbonyl (C=O) groups excluding carboxylic acids is 1. The average molecular weight is 282 g/mol. The van der Waals surface area contributed by atoms with Crippen LogP contribution in [0.4, 0.5) is 0 Å². The predicted octanol–water partition coefficient (Wildman–Crippen LogP) is -0.649. The van der Waals surface area contributed by atoms with Gasteiger partial charge in [0.15, 0.2) is 0 Å². The van der Waals surface area contributed by atoms with E-state index in [0.29, 0.717) is 5.69 Å². The van der Waals surface area contributed by atoms with Crippen LogP contribution < -0.4 is 10.9 Å². The van der Waals surface area contributed by atoms with E-state index >= 15 is 0 Å². The van der Waals surface area contributed by atoms with Gasteiger partial charge in [-0.25, -0.2) is 4.79 Å². The summed E-state index contributed by atoms with van der Waals surface area (Å²) in [6.07, 6.45) is -0.771. The van der Waals surface area contributed by atoms with Crippen LogP contribution in [0.25, 0.3) is 0 Å². The van der Waals surface area contributed by atoms with Crippen LogP contribution in [0.15, 0.2) is 16.9 Å². The van der Waals surface area contributed by atoms with Crippen molar-refractivity contribution in [1.29, 1.82) is 0 Å². The van der Waals surface area contributed by atoms with Crippen LogP contribution in [0.1, 0.15) is 22.5 Å². The molecule has 8 heteroatoms. The molecule has 1 atom stereocenters. The van der Waals surface area contributed by atoms with Crippen molar-refractivity contribution in [2.45, 2.75) is 19.4 Å². The molecule has 0 bridgehead atoms. The normalized spacial score (nSPS) is 11.7. The van der Waals surface area contributed by atoms with Crippen molar-refractivity contribution in [2.24, 2.45) is 7.05 Å². The third-order valence-electron chi connectivity index (χ3n) is 2.78. The van der Waals surface area contributed by atoms with Gasteiger partial charge in [0.05, 0.1) is 6.42 Å². The topological polar surface area (TPSA) is 126 Å². The number of hydrogen-bond donors (Lipinski definition) is 3. The third-order valence-corrected chi connectivity index (χ3v) is 2.78. The molecule has 1 aromatic rings. The molecule has 8 nitrogen and oxygen atoms in total. The molecule has 1 aromatic heterocycles. The van der Waals surface area contributed by atoms with E-state index in [1.54, 1.807) is 6.92 Å². The second-order valence-corrected chi connectivity index (χ2v) is 4.21. The van der Waals surface area contributed by atoms with Gasteiger partial charge in [-0.1, -0.05) is 0 Å². The number of carboxylic acid groups (broad SMARTS) is 2. The van der Waals surface area contributed by atoms with E-state index in [-0.39, 0.29) is 5.56 Å². The molecule has 108 valence electrons. The summed E-state index contributed by atoms with van der Waals surface area (Å²) in [5, 5.41) is 19.4. The van der Waals surface area contributed by atoms with Crippen molar-refractivity contribution in [2.75, 3.05) is 0 Å². The SMILES string of the molecule is Cc1ccc(C(=O)N[C@H](CC(=O)O)C(=O)O)c(=O)n1C. The monoisotopic (exact) mass is 282 g/mol. The minimum atomic E-state index is -1.59. The number of nitrogens with zero attached hydrogens (tertiary/aromatic N) is 1. The molecule has 1 rings (SSSR count). The first kappa shape index (κ1) is 15.4. The highest BCUT2D eigenvalue weighted by atomic mass is 16.4. The molecule has 0 radical (unpaired) electrons. The Morgan fingerprint density at radius 1 is 1.30 bits per heavy atom. The van der Waals surface area contributed by atoms with Crippen LogP contribution in [0.2, 0.25) is 0 Å². The first-order chi connectivity index (χ1) is 9.23. The molecular formula is C12H14N2O6. The molecule has 20 heavy (non-hydrogen) atoms. The molecule has 0 spiro atoms. The van der Waals surface area contributed by atoms with Crippen LogP contribution >= 0.6 is 0 Å². The molecule has 1 heterocycles. The highest BCUT2D eigenvalue weighted by molar-refractivity contribution is 5.97. The lowest BCUT2D eigenvalue weighted by molar-refractivity contribution is -0.145. The zero-order chi connectivity index (χ0) is 15.4. The van der Waals surface area contributed by atoms with Crippen LogP contribution in [-0.4, -0.2) is 38.7 Å². The number of amides is 1. The standard InChI is InChI=1S/C12H14N2O6/c1-6-3-4-7(11(18)14(6)2)10(17)13-8(12(19)20)5-9(15)16/h3-4,8H,5H2,1-2H3,(H,13,17)(H,15,16)(H,19,20)/t8-/m1/s1. The number of nitrogens with one attached hydrogen (secondary N) is 1. The molecule has 0 unspecified atom stereocenters. The Labute approximate surface area is 113 Å². The van der Waals surface area contributed by atoms with Crippen molar-refractivity contribution in [3.63, 3.8) is 0 Å². The fourth-order valence-electron chi connectivity index (χ4n) is 1.51. The first-order valence-corrected chi connectivity index (χ1v) is 5.66. The Bertz CT molecular complexity index is 619. The summed E-state index contributed by atoms with van der Waals surface area (Å²) in [7, 11) is 1.47.